The summed E-state index contributed by atoms with van der Waals surface area (Å²) in [5.41, 5.74) is 1.64. The summed E-state index contributed by atoms with van der Waals surface area (Å²) < 4.78 is 10.7. The fourth-order valence-electron chi connectivity index (χ4n) is 2.78. The van der Waals surface area contributed by atoms with Gasteiger partial charge in [0.05, 0.1) is 7.11 Å². The number of nitriles is 1. The number of hydrogen-bond acceptors (Lipinski definition) is 6. The Kier molecular flexibility index (Phi) is 7.57. The zero-order valence-corrected chi connectivity index (χ0v) is 17.6. The number of thiophene rings is 1. The highest BCUT2D eigenvalue weighted by Gasteiger charge is 2.14. The van der Waals surface area contributed by atoms with E-state index in [1.165, 1.54) is 24.5 Å². The van der Waals surface area contributed by atoms with Crippen LogP contribution in [0.2, 0.25) is 0 Å². The molecule has 0 saturated carbocycles. The summed E-state index contributed by atoms with van der Waals surface area (Å²) in [6, 6.07) is 19.9. The van der Waals surface area contributed by atoms with Gasteiger partial charge in [0.15, 0.2) is 11.5 Å². The third kappa shape index (κ3) is 6.04. The van der Waals surface area contributed by atoms with Crippen LogP contribution in [0.15, 0.2) is 71.6 Å². The monoisotopic (exact) mass is 432 g/mol. The van der Waals surface area contributed by atoms with Crippen LogP contribution in [0, 0.1) is 11.3 Å². The first-order chi connectivity index (χ1) is 15.1. The Morgan fingerprint density at radius 1 is 1.10 bits per heavy atom. The minimum atomic E-state index is -0.480. The average Bonchev–Trinajstić information content (AvgIpc) is 3.34. The molecule has 1 aromatic heterocycles. The van der Waals surface area contributed by atoms with Gasteiger partial charge in [-0.05, 0) is 47.2 Å². The van der Waals surface area contributed by atoms with E-state index in [-0.39, 0.29) is 11.3 Å². The molecule has 3 rings (SSSR count). The maximum Gasteiger partial charge on any atom is 0.353 e. The number of methoxy groups -OCH3 is 1. The molecule has 156 valence electrons. The predicted molar refractivity (Wildman–Crippen MR) is 119 cm³/mol. The standard InChI is InChI=1S/C24H20N2O4S/c1-29-21-15-18(9-10-20(21)30-24(28)22-8-5-13-31-22)14-19(16-25)23(27)26-12-11-17-6-3-2-4-7-17/h2-10,13-15H,11-12H2,1H3,(H,26,27)/b19-14+. The minimum absolute atomic E-state index is 0.0292. The molecule has 31 heavy (non-hydrogen) atoms. The van der Waals surface area contributed by atoms with Crippen molar-refractivity contribution in [2.75, 3.05) is 13.7 Å². The quantitative estimate of drug-likeness (QED) is 0.249. The van der Waals surface area contributed by atoms with E-state index in [1.54, 1.807) is 35.7 Å². The molecule has 3 aromatic rings. The van der Waals surface area contributed by atoms with Crippen molar-refractivity contribution < 1.29 is 19.1 Å². The molecule has 0 aliphatic carbocycles. The van der Waals surface area contributed by atoms with Crippen LogP contribution >= 0.6 is 11.3 Å². The summed E-state index contributed by atoms with van der Waals surface area (Å²) in [4.78, 5) is 25.0. The topological polar surface area (TPSA) is 88.4 Å². The molecule has 0 spiro atoms. The third-order valence-electron chi connectivity index (χ3n) is 4.33. The van der Waals surface area contributed by atoms with E-state index >= 15 is 0 Å². The molecule has 1 heterocycles. The number of carbonyl (C=O) groups excluding carboxylic acids is 2. The van der Waals surface area contributed by atoms with Crippen molar-refractivity contribution in [3.05, 3.63) is 87.6 Å². The van der Waals surface area contributed by atoms with Gasteiger partial charge in [0, 0.05) is 6.54 Å². The van der Waals surface area contributed by atoms with Gasteiger partial charge in [-0.25, -0.2) is 4.79 Å². The van der Waals surface area contributed by atoms with Crippen molar-refractivity contribution in [3.63, 3.8) is 0 Å². The SMILES string of the molecule is COc1cc(/C=C(\C#N)C(=O)NCCc2ccccc2)ccc1OC(=O)c1cccs1. The molecule has 7 heteroatoms. The molecule has 0 saturated heterocycles. The number of nitrogens with one attached hydrogen (secondary N) is 1. The molecular formula is C24H20N2O4S. The summed E-state index contributed by atoms with van der Waals surface area (Å²) in [6.45, 7) is 0.419. The van der Waals surface area contributed by atoms with Crippen LogP contribution in [0.1, 0.15) is 20.8 Å². The van der Waals surface area contributed by atoms with Crippen LogP contribution < -0.4 is 14.8 Å². The van der Waals surface area contributed by atoms with Gasteiger partial charge in [-0.15, -0.1) is 11.3 Å². The van der Waals surface area contributed by atoms with E-state index < -0.39 is 11.9 Å². The lowest BCUT2D eigenvalue weighted by molar-refractivity contribution is -0.117. The second kappa shape index (κ2) is 10.8. The maximum atomic E-state index is 12.4. The Morgan fingerprint density at radius 2 is 1.90 bits per heavy atom. The Hall–Kier alpha value is -3.89. The lowest BCUT2D eigenvalue weighted by Gasteiger charge is -2.10. The van der Waals surface area contributed by atoms with Crippen LogP contribution in [0.3, 0.4) is 0 Å². The molecule has 0 aliphatic rings. The summed E-state index contributed by atoms with van der Waals surface area (Å²) in [5, 5.41) is 13.9. The number of rotatable bonds is 8. The highest BCUT2D eigenvalue weighted by Crippen LogP contribution is 2.30. The van der Waals surface area contributed by atoms with Gasteiger partial charge < -0.3 is 14.8 Å². The van der Waals surface area contributed by atoms with E-state index in [2.05, 4.69) is 5.32 Å². The van der Waals surface area contributed by atoms with Gasteiger partial charge >= 0.3 is 5.97 Å². The molecule has 6 nitrogen and oxygen atoms in total. The molecule has 1 amide bonds. The van der Waals surface area contributed by atoms with Crippen LogP contribution in [0.5, 0.6) is 11.5 Å². The van der Waals surface area contributed by atoms with Crippen LogP contribution in [0.4, 0.5) is 0 Å². The lowest BCUT2D eigenvalue weighted by Crippen LogP contribution is -2.26. The number of ether oxygens (including phenoxy) is 2. The summed E-state index contributed by atoms with van der Waals surface area (Å²) >= 11 is 1.28. The van der Waals surface area contributed by atoms with Crippen LogP contribution in [-0.4, -0.2) is 25.5 Å². The molecule has 0 radical (unpaired) electrons. The zero-order chi connectivity index (χ0) is 22.1. The molecule has 1 N–H and O–H groups in total. The fraction of sp³-hybridized carbons (Fsp3) is 0.125. The van der Waals surface area contributed by atoms with E-state index in [0.717, 1.165) is 5.56 Å². The number of carbonyl (C=O) groups is 2. The van der Waals surface area contributed by atoms with Crippen LogP contribution in [0.25, 0.3) is 6.08 Å². The number of benzene rings is 2. The average molecular weight is 433 g/mol. The molecule has 0 bridgehead atoms. The smallest absolute Gasteiger partial charge is 0.353 e. The molecule has 0 fully saturated rings. The van der Waals surface area contributed by atoms with Crippen LogP contribution in [-0.2, 0) is 11.2 Å². The molecule has 0 unspecified atom stereocenters. The van der Waals surface area contributed by atoms with Gasteiger partial charge in [-0.3, -0.25) is 4.79 Å². The van der Waals surface area contributed by atoms with E-state index in [9.17, 15) is 14.9 Å². The zero-order valence-electron chi connectivity index (χ0n) is 16.8. The first-order valence-electron chi connectivity index (χ1n) is 9.48. The van der Waals surface area contributed by atoms with E-state index in [0.29, 0.717) is 29.2 Å². The number of hydrogen-bond donors (Lipinski definition) is 1. The first-order valence-corrected chi connectivity index (χ1v) is 10.4. The van der Waals surface area contributed by atoms with Gasteiger partial charge in [0.25, 0.3) is 5.91 Å². The first kappa shape index (κ1) is 21.8. The van der Waals surface area contributed by atoms with Crippen molar-refractivity contribution in [2.45, 2.75) is 6.42 Å². The Bertz CT molecular complexity index is 1120. The minimum Gasteiger partial charge on any atom is -0.493 e. The Morgan fingerprint density at radius 3 is 2.58 bits per heavy atom. The van der Waals surface area contributed by atoms with Crippen molar-refractivity contribution in [1.29, 1.82) is 5.26 Å². The van der Waals surface area contributed by atoms with Gasteiger partial charge in [0.2, 0.25) is 0 Å². The summed E-state index contributed by atoms with van der Waals surface area (Å²) in [7, 11) is 1.45. The van der Waals surface area contributed by atoms with Gasteiger partial charge in [0.1, 0.15) is 16.5 Å². The van der Waals surface area contributed by atoms with Crippen molar-refractivity contribution in [2.24, 2.45) is 0 Å². The normalized spacial score (nSPS) is 10.8. The Balaban J connectivity index is 1.67. The summed E-state index contributed by atoms with van der Waals surface area (Å²) in [5.74, 6) is -0.359. The third-order valence-corrected chi connectivity index (χ3v) is 5.18. The maximum absolute atomic E-state index is 12.4. The predicted octanol–water partition coefficient (Wildman–Crippen LogP) is 4.24. The van der Waals surface area contributed by atoms with E-state index in [1.807, 2.05) is 36.4 Å². The molecule has 0 atom stereocenters. The number of esters is 1. The highest BCUT2D eigenvalue weighted by molar-refractivity contribution is 7.12. The molecular weight excluding hydrogens is 412 g/mol. The lowest BCUT2D eigenvalue weighted by atomic mass is 10.1. The van der Waals surface area contributed by atoms with Gasteiger partial charge in [-0.1, -0.05) is 42.5 Å². The second-order valence-corrected chi connectivity index (χ2v) is 7.39. The van der Waals surface area contributed by atoms with Crippen molar-refractivity contribution >= 4 is 29.3 Å². The largest absolute Gasteiger partial charge is 0.493 e. The van der Waals surface area contributed by atoms with E-state index in [4.69, 9.17) is 9.47 Å². The Labute approximate surface area is 184 Å². The molecule has 0 aliphatic heterocycles. The van der Waals surface area contributed by atoms with Crippen molar-refractivity contribution in [3.8, 4) is 17.6 Å². The van der Waals surface area contributed by atoms with Gasteiger partial charge in [-0.2, -0.15) is 5.26 Å². The number of nitrogens with zero attached hydrogens (tertiary/aromatic N) is 1. The van der Waals surface area contributed by atoms with Crippen molar-refractivity contribution in [1.82, 2.24) is 5.32 Å². The molecule has 2 aromatic carbocycles. The highest BCUT2D eigenvalue weighted by atomic mass is 32.1. The second-order valence-electron chi connectivity index (χ2n) is 6.44. The number of amides is 1. The fourth-order valence-corrected chi connectivity index (χ4v) is 3.38. The summed E-state index contributed by atoms with van der Waals surface area (Å²) in [6.07, 6.45) is 2.13.